The Kier molecular flexibility index (Phi) is 5.50. The molecule has 3 nitrogen and oxygen atoms in total. The first-order valence-corrected chi connectivity index (χ1v) is 14.9. The molecule has 2 heterocycles. The first-order chi connectivity index (χ1) is 21.8. The Labute approximate surface area is 254 Å². The lowest BCUT2D eigenvalue weighted by molar-refractivity contribution is 0.668. The maximum atomic E-state index is 6.52. The Hall–Kier alpha value is -5.93. The first kappa shape index (κ1) is 24.6. The van der Waals surface area contributed by atoms with Crippen LogP contribution in [-0.2, 0) is 0 Å². The molecule has 3 heteroatoms. The predicted octanol–water partition coefficient (Wildman–Crippen LogP) is 11.6. The molecule has 0 unspecified atom stereocenters. The third kappa shape index (κ3) is 3.87. The fourth-order valence-corrected chi connectivity index (χ4v) is 6.61. The zero-order valence-corrected chi connectivity index (χ0v) is 23.8. The highest BCUT2D eigenvalue weighted by atomic mass is 16.3. The highest BCUT2D eigenvalue weighted by Gasteiger charge is 2.20. The van der Waals surface area contributed by atoms with E-state index < -0.39 is 0 Å². The first-order valence-electron chi connectivity index (χ1n) is 14.9. The van der Waals surface area contributed by atoms with Crippen molar-refractivity contribution < 1.29 is 4.42 Å². The Morgan fingerprint density at radius 1 is 0.455 bits per heavy atom. The van der Waals surface area contributed by atoms with Crippen molar-refractivity contribution in [2.75, 3.05) is 4.90 Å². The van der Waals surface area contributed by atoms with E-state index in [-0.39, 0.29) is 0 Å². The van der Waals surface area contributed by atoms with Crippen LogP contribution in [0.4, 0.5) is 17.1 Å². The minimum Gasteiger partial charge on any atom is -0.454 e. The molecule has 0 amide bonds. The summed E-state index contributed by atoms with van der Waals surface area (Å²) in [6.45, 7) is 0. The number of benzene rings is 7. The summed E-state index contributed by atoms with van der Waals surface area (Å²) >= 11 is 0. The largest absolute Gasteiger partial charge is 0.454 e. The monoisotopic (exact) mass is 562 g/mol. The van der Waals surface area contributed by atoms with Crippen molar-refractivity contribution in [2.45, 2.75) is 0 Å². The summed E-state index contributed by atoms with van der Waals surface area (Å²) in [5, 5.41) is 9.53. The van der Waals surface area contributed by atoms with Gasteiger partial charge in [0.2, 0.25) is 0 Å². The van der Waals surface area contributed by atoms with Crippen LogP contribution in [0.2, 0.25) is 0 Å². The fourth-order valence-electron chi connectivity index (χ4n) is 6.61. The van der Waals surface area contributed by atoms with Crippen molar-refractivity contribution in [1.29, 1.82) is 0 Å². The van der Waals surface area contributed by atoms with E-state index in [1.54, 1.807) is 6.20 Å². The zero-order valence-electron chi connectivity index (χ0n) is 23.8. The van der Waals surface area contributed by atoms with Crippen LogP contribution >= 0.6 is 0 Å². The number of pyridine rings is 1. The molecule has 0 bridgehead atoms. The average molecular weight is 563 g/mol. The van der Waals surface area contributed by atoms with Gasteiger partial charge in [0.15, 0.2) is 5.58 Å². The van der Waals surface area contributed by atoms with E-state index in [1.807, 2.05) is 12.3 Å². The summed E-state index contributed by atoms with van der Waals surface area (Å²) in [5.41, 5.74) is 7.15. The van der Waals surface area contributed by atoms with Crippen LogP contribution in [0.3, 0.4) is 0 Å². The molecular formula is C41H26N2O. The molecule has 0 N–H and O–H groups in total. The lowest BCUT2D eigenvalue weighted by Crippen LogP contribution is -2.10. The molecule has 0 spiro atoms. The molecule has 9 aromatic rings. The van der Waals surface area contributed by atoms with Crippen molar-refractivity contribution in [3.05, 3.63) is 158 Å². The number of hydrogen-bond donors (Lipinski definition) is 0. The maximum absolute atomic E-state index is 6.52. The van der Waals surface area contributed by atoms with Crippen LogP contribution in [0, 0.1) is 0 Å². The van der Waals surface area contributed by atoms with Gasteiger partial charge in [0, 0.05) is 34.5 Å². The quantitative estimate of drug-likeness (QED) is 0.200. The molecule has 9 rings (SSSR count). The standard InChI is InChI=1S/C41H26N2O/c1-2-7-27(8-3-1)28-13-18-31(19-14-28)43(39-12-6-11-36-38-26-42-24-23-40(38)44-41(36)39)32-20-15-30-17-21-34-33-10-5-4-9-29(33)16-22-35(34)37(30)25-32/h1-26H. The van der Waals surface area contributed by atoms with Gasteiger partial charge in [-0.25, -0.2) is 0 Å². The van der Waals surface area contributed by atoms with Gasteiger partial charge in [-0.1, -0.05) is 109 Å². The third-order valence-electron chi connectivity index (χ3n) is 8.74. The lowest BCUT2D eigenvalue weighted by Gasteiger charge is -2.26. The maximum Gasteiger partial charge on any atom is 0.159 e. The molecule has 0 aliphatic heterocycles. The number of anilines is 3. The molecule has 0 radical (unpaired) electrons. The molecule has 0 saturated carbocycles. The van der Waals surface area contributed by atoms with Crippen LogP contribution in [-0.4, -0.2) is 4.98 Å². The average Bonchev–Trinajstić information content (AvgIpc) is 3.48. The Morgan fingerprint density at radius 3 is 2.00 bits per heavy atom. The number of rotatable bonds is 4. The normalized spacial score (nSPS) is 11.6. The van der Waals surface area contributed by atoms with Crippen LogP contribution in [0.5, 0.6) is 0 Å². The third-order valence-corrected chi connectivity index (χ3v) is 8.74. The van der Waals surface area contributed by atoms with Crippen molar-refractivity contribution in [1.82, 2.24) is 4.98 Å². The Balaban J connectivity index is 1.29. The van der Waals surface area contributed by atoms with E-state index in [4.69, 9.17) is 4.42 Å². The highest BCUT2D eigenvalue weighted by Crippen LogP contribution is 2.43. The topological polar surface area (TPSA) is 29.3 Å². The number of fused-ring (bicyclic) bond motifs is 8. The summed E-state index contributed by atoms with van der Waals surface area (Å²) in [5.74, 6) is 0. The molecule has 0 atom stereocenters. The molecule has 0 saturated heterocycles. The van der Waals surface area contributed by atoms with Gasteiger partial charge in [-0.15, -0.1) is 0 Å². The van der Waals surface area contributed by atoms with Gasteiger partial charge < -0.3 is 9.32 Å². The fraction of sp³-hybridized carbons (Fsp3) is 0. The Bertz CT molecular complexity index is 2490. The molecule has 0 aliphatic rings. The highest BCUT2D eigenvalue weighted by molar-refractivity contribution is 6.18. The number of furan rings is 1. The van der Waals surface area contributed by atoms with E-state index in [0.717, 1.165) is 39.0 Å². The smallest absolute Gasteiger partial charge is 0.159 e. The van der Waals surface area contributed by atoms with Gasteiger partial charge in [-0.2, -0.15) is 0 Å². The van der Waals surface area contributed by atoms with E-state index in [0.29, 0.717) is 0 Å². The number of hydrogen-bond acceptors (Lipinski definition) is 3. The van der Waals surface area contributed by atoms with Gasteiger partial charge in [0.05, 0.1) is 5.69 Å². The molecular weight excluding hydrogens is 536 g/mol. The predicted molar refractivity (Wildman–Crippen MR) is 184 cm³/mol. The van der Waals surface area contributed by atoms with Crippen LogP contribution in [0.15, 0.2) is 162 Å². The van der Waals surface area contributed by atoms with Crippen molar-refractivity contribution in [3.63, 3.8) is 0 Å². The molecule has 2 aromatic heterocycles. The van der Waals surface area contributed by atoms with E-state index in [1.165, 1.54) is 43.4 Å². The van der Waals surface area contributed by atoms with Gasteiger partial charge in [0.1, 0.15) is 5.58 Å². The van der Waals surface area contributed by atoms with Gasteiger partial charge in [0.25, 0.3) is 0 Å². The van der Waals surface area contributed by atoms with Gasteiger partial charge in [-0.05, 0) is 79.8 Å². The summed E-state index contributed by atoms with van der Waals surface area (Å²) in [7, 11) is 0. The van der Waals surface area contributed by atoms with Crippen molar-refractivity contribution in [2.24, 2.45) is 0 Å². The van der Waals surface area contributed by atoms with Crippen LogP contribution in [0.1, 0.15) is 0 Å². The second-order valence-corrected chi connectivity index (χ2v) is 11.2. The second kappa shape index (κ2) is 9.82. The second-order valence-electron chi connectivity index (χ2n) is 11.2. The van der Waals surface area contributed by atoms with Crippen LogP contribution < -0.4 is 4.90 Å². The summed E-state index contributed by atoms with van der Waals surface area (Å²) < 4.78 is 6.52. The number of aromatic nitrogens is 1. The molecule has 206 valence electrons. The molecule has 44 heavy (non-hydrogen) atoms. The van der Waals surface area contributed by atoms with E-state index in [2.05, 4.69) is 149 Å². The van der Waals surface area contributed by atoms with E-state index in [9.17, 15) is 0 Å². The van der Waals surface area contributed by atoms with Gasteiger partial charge in [-0.3, -0.25) is 4.98 Å². The number of para-hydroxylation sites is 1. The molecule has 7 aromatic carbocycles. The summed E-state index contributed by atoms with van der Waals surface area (Å²) in [4.78, 5) is 6.69. The minimum absolute atomic E-state index is 0.832. The van der Waals surface area contributed by atoms with Gasteiger partial charge >= 0.3 is 0 Å². The minimum atomic E-state index is 0.832. The van der Waals surface area contributed by atoms with E-state index >= 15 is 0 Å². The SMILES string of the molecule is c1ccc(-c2ccc(N(c3ccc4ccc5c6ccccc6ccc5c4c3)c3cccc4c3oc3ccncc34)cc2)cc1. The Morgan fingerprint density at radius 2 is 1.14 bits per heavy atom. The van der Waals surface area contributed by atoms with Crippen LogP contribution in [0.25, 0.3) is 65.4 Å². The van der Waals surface area contributed by atoms with Crippen molar-refractivity contribution >= 4 is 71.3 Å². The molecule has 0 fully saturated rings. The summed E-state index contributed by atoms with van der Waals surface area (Å²) in [6.07, 6.45) is 3.67. The number of nitrogens with zero attached hydrogens (tertiary/aromatic N) is 2. The lowest BCUT2D eigenvalue weighted by atomic mass is 9.96. The van der Waals surface area contributed by atoms with Crippen molar-refractivity contribution in [3.8, 4) is 11.1 Å². The molecule has 0 aliphatic carbocycles. The summed E-state index contributed by atoms with van der Waals surface area (Å²) in [6, 6.07) is 51.9. The zero-order chi connectivity index (χ0) is 29.0.